The van der Waals surface area contributed by atoms with Gasteiger partial charge < -0.3 is 14.9 Å². The Morgan fingerprint density at radius 3 is 2.78 bits per heavy atom. The molecule has 0 fully saturated rings. The summed E-state index contributed by atoms with van der Waals surface area (Å²) >= 11 is 0. The number of H-pyrrole nitrogens is 1. The molecule has 6 nitrogen and oxygen atoms in total. The predicted octanol–water partition coefficient (Wildman–Crippen LogP) is 2.20. The molecule has 0 aromatic carbocycles. The quantitative estimate of drug-likeness (QED) is 0.705. The molecule has 6 heteroatoms. The average Bonchev–Trinajstić information content (AvgIpc) is 2.96. The lowest BCUT2D eigenvalue weighted by atomic mass is 9.88. The Labute approximate surface area is 133 Å². The molecule has 1 atom stereocenters. The third-order valence-electron chi connectivity index (χ3n) is 3.75. The van der Waals surface area contributed by atoms with Crippen LogP contribution in [0.3, 0.4) is 0 Å². The van der Waals surface area contributed by atoms with Gasteiger partial charge in [0.1, 0.15) is 17.9 Å². The van der Waals surface area contributed by atoms with Crippen molar-refractivity contribution in [3.8, 4) is 0 Å². The van der Waals surface area contributed by atoms with Crippen LogP contribution in [-0.2, 0) is 11.2 Å². The van der Waals surface area contributed by atoms with E-state index < -0.39 is 11.5 Å². The van der Waals surface area contributed by atoms with Gasteiger partial charge in [0.2, 0.25) is 0 Å². The summed E-state index contributed by atoms with van der Waals surface area (Å²) in [6, 6.07) is 3.48. The maximum Gasteiger partial charge on any atom is 0.156 e. The van der Waals surface area contributed by atoms with E-state index in [1.54, 1.807) is 30.7 Å². The molecule has 118 valence electrons. The summed E-state index contributed by atoms with van der Waals surface area (Å²) in [5, 5.41) is 10.5. The van der Waals surface area contributed by atoms with Gasteiger partial charge in [0.05, 0.1) is 11.9 Å². The van der Waals surface area contributed by atoms with Gasteiger partial charge in [0.25, 0.3) is 0 Å². The van der Waals surface area contributed by atoms with Crippen LogP contribution in [0.1, 0.15) is 36.8 Å². The van der Waals surface area contributed by atoms with Gasteiger partial charge in [-0.3, -0.25) is 4.98 Å². The minimum Gasteiger partial charge on any atom is -0.382 e. The maximum atomic E-state index is 11.2. The van der Waals surface area contributed by atoms with Crippen LogP contribution >= 0.6 is 0 Å². The van der Waals surface area contributed by atoms with E-state index in [-0.39, 0.29) is 0 Å². The third kappa shape index (κ3) is 3.12. The molecule has 0 saturated heterocycles. The number of aliphatic hydroxyl groups is 1. The van der Waals surface area contributed by atoms with Crippen molar-refractivity contribution >= 4 is 17.5 Å². The lowest BCUT2D eigenvalue weighted by Gasteiger charge is -2.15. The molecule has 2 N–H and O–H groups in total. The topological polar surface area (TPSA) is 91.8 Å². The molecule has 0 aliphatic heterocycles. The van der Waals surface area contributed by atoms with E-state index in [0.717, 1.165) is 11.8 Å². The van der Waals surface area contributed by atoms with Crippen LogP contribution in [0.15, 0.2) is 36.9 Å². The highest BCUT2D eigenvalue weighted by molar-refractivity contribution is 5.76. The molecule has 3 aromatic heterocycles. The Morgan fingerprint density at radius 2 is 2.09 bits per heavy atom. The van der Waals surface area contributed by atoms with Gasteiger partial charge in [-0.15, -0.1) is 0 Å². The van der Waals surface area contributed by atoms with Gasteiger partial charge in [-0.25, -0.2) is 9.97 Å². The van der Waals surface area contributed by atoms with Crippen molar-refractivity contribution in [2.45, 2.75) is 26.4 Å². The molecular weight excluding hydrogens is 292 g/mol. The molecule has 3 aromatic rings. The smallest absolute Gasteiger partial charge is 0.156 e. The van der Waals surface area contributed by atoms with Crippen LogP contribution in [0.25, 0.3) is 11.2 Å². The first-order valence-corrected chi connectivity index (χ1v) is 7.37. The van der Waals surface area contributed by atoms with E-state index in [9.17, 15) is 9.90 Å². The number of nitrogens with zero attached hydrogens (tertiary/aromatic N) is 3. The molecule has 0 bridgehead atoms. The number of aromatic nitrogens is 4. The number of carbonyl (C=O) groups is 1. The van der Waals surface area contributed by atoms with Gasteiger partial charge in [-0.2, -0.15) is 0 Å². The van der Waals surface area contributed by atoms with Gasteiger partial charge in [0, 0.05) is 24.0 Å². The van der Waals surface area contributed by atoms with Crippen molar-refractivity contribution in [2.24, 2.45) is 5.41 Å². The van der Waals surface area contributed by atoms with Gasteiger partial charge >= 0.3 is 0 Å². The minimum absolute atomic E-state index is 0.466. The van der Waals surface area contributed by atoms with Gasteiger partial charge in [0.15, 0.2) is 5.65 Å². The number of rotatable bonds is 5. The molecule has 0 aliphatic carbocycles. The summed E-state index contributed by atoms with van der Waals surface area (Å²) < 4.78 is 0. The minimum atomic E-state index is -0.864. The van der Waals surface area contributed by atoms with Crippen LogP contribution in [0.2, 0.25) is 0 Å². The summed E-state index contributed by atoms with van der Waals surface area (Å²) in [4.78, 5) is 27.0. The highest BCUT2D eigenvalue weighted by atomic mass is 16.3. The molecule has 0 radical (unpaired) electrons. The Kier molecular flexibility index (Phi) is 3.92. The maximum absolute atomic E-state index is 11.2. The van der Waals surface area contributed by atoms with E-state index in [0.29, 0.717) is 28.8 Å². The number of fused-ring (bicyclic) bond motifs is 1. The number of carbonyl (C=O) groups excluding carboxylic acids is 1. The zero-order chi connectivity index (χ0) is 16.4. The Balaban J connectivity index is 1.99. The van der Waals surface area contributed by atoms with Gasteiger partial charge in [-0.05, 0) is 29.7 Å². The van der Waals surface area contributed by atoms with Crippen LogP contribution in [-0.4, -0.2) is 31.3 Å². The molecular formula is C17H18N4O2. The SMILES string of the molecule is CC(C)(C=O)Cc1c[nH]c2ncc(C(O)c3ccncc3)nc12. The molecule has 3 rings (SSSR count). The first-order chi connectivity index (χ1) is 11.0. The number of hydrogen-bond donors (Lipinski definition) is 2. The highest BCUT2D eigenvalue weighted by Gasteiger charge is 2.21. The summed E-state index contributed by atoms with van der Waals surface area (Å²) in [7, 11) is 0. The van der Waals surface area contributed by atoms with Crippen molar-refractivity contribution in [3.63, 3.8) is 0 Å². The lowest BCUT2D eigenvalue weighted by Crippen LogP contribution is -2.16. The number of aromatic amines is 1. The summed E-state index contributed by atoms with van der Waals surface area (Å²) in [5.41, 5.74) is 2.94. The molecule has 0 aliphatic rings. The predicted molar refractivity (Wildman–Crippen MR) is 85.7 cm³/mol. The molecule has 23 heavy (non-hydrogen) atoms. The van der Waals surface area contributed by atoms with E-state index in [2.05, 4.69) is 19.9 Å². The van der Waals surface area contributed by atoms with Crippen molar-refractivity contribution in [2.75, 3.05) is 0 Å². The van der Waals surface area contributed by atoms with Crippen LogP contribution in [0, 0.1) is 5.41 Å². The monoisotopic (exact) mass is 310 g/mol. The Morgan fingerprint density at radius 1 is 1.35 bits per heavy atom. The zero-order valence-corrected chi connectivity index (χ0v) is 13.0. The van der Waals surface area contributed by atoms with Crippen molar-refractivity contribution in [1.82, 2.24) is 19.9 Å². The fraction of sp³-hybridized carbons (Fsp3) is 0.294. The molecule has 3 heterocycles. The van der Waals surface area contributed by atoms with E-state index in [1.165, 1.54) is 0 Å². The second-order valence-corrected chi connectivity index (χ2v) is 6.27. The summed E-state index contributed by atoms with van der Waals surface area (Å²) in [5.74, 6) is 0. The number of aldehydes is 1. The molecule has 0 spiro atoms. The van der Waals surface area contributed by atoms with E-state index in [1.807, 2.05) is 20.0 Å². The Hall–Kier alpha value is -2.60. The van der Waals surface area contributed by atoms with E-state index in [4.69, 9.17) is 0 Å². The third-order valence-corrected chi connectivity index (χ3v) is 3.75. The highest BCUT2D eigenvalue weighted by Crippen LogP contribution is 2.26. The van der Waals surface area contributed by atoms with E-state index >= 15 is 0 Å². The van der Waals surface area contributed by atoms with Crippen LogP contribution in [0.5, 0.6) is 0 Å². The Bertz CT molecular complexity index is 827. The molecule has 0 amide bonds. The first kappa shape index (κ1) is 15.3. The number of pyridine rings is 1. The molecule has 1 unspecified atom stereocenters. The van der Waals surface area contributed by atoms with Gasteiger partial charge in [-0.1, -0.05) is 13.8 Å². The average molecular weight is 310 g/mol. The van der Waals surface area contributed by atoms with Crippen LogP contribution < -0.4 is 0 Å². The second-order valence-electron chi connectivity index (χ2n) is 6.27. The van der Waals surface area contributed by atoms with Crippen molar-refractivity contribution in [3.05, 3.63) is 53.7 Å². The second kappa shape index (κ2) is 5.89. The summed E-state index contributed by atoms with van der Waals surface area (Å²) in [6.07, 6.45) is 7.25. The number of hydrogen-bond acceptors (Lipinski definition) is 5. The van der Waals surface area contributed by atoms with Crippen molar-refractivity contribution in [1.29, 1.82) is 0 Å². The fourth-order valence-electron chi connectivity index (χ4n) is 2.47. The van der Waals surface area contributed by atoms with Crippen LogP contribution in [0.4, 0.5) is 0 Å². The standard InChI is InChI=1S/C17H18N4O2/c1-17(2,10-22)7-12-8-19-16-14(12)21-13(9-20-16)15(23)11-3-5-18-6-4-11/h3-6,8-10,15,23H,7H2,1-2H3,(H,19,20). The summed E-state index contributed by atoms with van der Waals surface area (Å²) in [6.45, 7) is 3.75. The first-order valence-electron chi connectivity index (χ1n) is 7.37. The molecule has 0 saturated carbocycles. The lowest BCUT2D eigenvalue weighted by molar-refractivity contribution is -0.114. The number of nitrogens with one attached hydrogen (secondary N) is 1. The largest absolute Gasteiger partial charge is 0.382 e. The van der Waals surface area contributed by atoms with Crippen molar-refractivity contribution < 1.29 is 9.90 Å². The number of aliphatic hydroxyl groups excluding tert-OH is 1. The zero-order valence-electron chi connectivity index (χ0n) is 13.0. The normalized spacial score (nSPS) is 13.2. The fourth-order valence-corrected chi connectivity index (χ4v) is 2.47.